The third kappa shape index (κ3) is 23.7. The number of amides is 1. The summed E-state index contributed by atoms with van der Waals surface area (Å²) in [4.78, 5) is 50.1. The topological polar surface area (TPSA) is 182 Å². The lowest BCUT2D eigenvalue weighted by atomic mass is 10.1. The predicted octanol–water partition coefficient (Wildman–Crippen LogP) is 5.93. The summed E-state index contributed by atoms with van der Waals surface area (Å²) in [6.45, 7) is 17.5. The number of nitrogens with one attached hydrogen (secondary N) is 2. The molecule has 1 aliphatic rings. The van der Waals surface area contributed by atoms with Gasteiger partial charge in [-0.3, -0.25) is 9.59 Å². The molecule has 288 valence electrons. The number of esters is 1. The van der Waals surface area contributed by atoms with E-state index in [1.807, 2.05) is 41.5 Å². The standard InChI is InChI=1S/C22H32N2O8.C11H21NO2.2C2H6/c1-3-4-20(27)30-13-14-5-6-17(15(9-14)12-24-19(26)7-8-23-2)31-21-11-16(25)10-18(32-21)22(28)29;1-10(2)11(3)12-14-9-7-5-4-6-8-13;2*1-2/h5-6,9,16,18,21,23,25H,3-4,7-8,10-13H2,1-2H3,(H,24,26)(H,28,29);8,10H,4-7,9H2,1-3H3;2*1-2H3/b;12-11+;;. The molecule has 1 aromatic rings. The number of hydrogen-bond donors (Lipinski definition) is 4. The molecule has 1 saturated heterocycles. The number of aliphatic carboxylic acids is 1. The summed E-state index contributed by atoms with van der Waals surface area (Å²) in [6, 6.07) is 5.12. The Labute approximate surface area is 299 Å². The molecule has 13 nitrogen and oxygen atoms in total. The second-order valence-corrected chi connectivity index (χ2v) is 11.4. The molecule has 1 aromatic carbocycles. The number of aldehydes is 1. The zero-order valence-electron chi connectivity index (χ0n) is 31.9. The number of nitrogens with zero attached hydrogens (tertiary/aromatic N) is 1. The molecule has 3 unspecified atom stereocenters. The molecule has 1 amide bonds. The molecule has 0 spiro atoms. The average Bonchev–Trinajstić information content (AvgIpc) is 3.11. The fourth-order valence-corrected chi connectivity index (χ4v) is 4.00. The molecular weight excluding hydrogens is 646 g/mol. The zero-order chi connectivity index (χ0) is 38.3. The van der Waals surface area contributed by atoms with Crippen molar-refractivity contribution in [2.75, 3.05) is 20.2 Å². The number of unbranched alkanes of at least 4 members (excludes halogenated alkanes) is 3. The van der Waals surface area contributed by atoms with Crippen molar-refractivity contribution in [3.63, 3.8) is 0 Å². The second-order valence-electron chi connectivity index (χ2n) is 11.4. The first-order chi connectivity index (χ1) is 24.0. The van der Waals surface area contributed by atoms with E-state index in [1.165, 1.54) is 0 Å². The minimum atomic E-state index is -1.17. The molecule has 13 heteroatoms. The molecule has 2 rings (SSSR count). The van der Waals surface area contributed by atoms with Gasteiger partial charge in [-0.25, -0.2) is 4.79 Å². The quantitative estimate of drug-likeness (QED) is 0.0414. The fraction of sp³-hybridized carbons (Fsp3) is 0.703. The van der Waals surface area contributed by atoms with E-state index in [2.05, 4.69) is 29.6 Å². The van der Waals surface area contributed by atoms with Crippen molar-refractivity contribution in [3.05, 3.63) is 29.3 Å². The summed E-state index contributed by atoms with van der Waals surface area (Å²) in [7, 11) is 1.76. The van der Waals surface area contributed by atoms with E-state index in [9.17, 15) is 29.4 Å². The molecule has 4 N–H and O–H groups in total. The van der Waals surface area contributed by atoms with Crippen LogP contribution < -0.4 is 15.4 Å². The van der Waals surface area contributed by atoms with E-state index in [4.69, 9.17) is 19.0 Å². The van der Waals surface area contributed by atoms with Gasteiger partial charge in [-0.15, -0.1) is 0 Å². The zero-order valence-corrected chi connectivity index (χ0v) is 31.9. The van der Waals surface area contributed by atoms with Crippen molar-refractivity contribution in [2.45, 2.75) is 145 Å². The van der Waals surface area contributed by atoms with Gasteiger partial charge >= 0.3 is 11.9 Å². The van der Waals surface area contributed by atoms with E-state index in [0.717, 1.165) is 31.3 Å². The van der Waals surface area contributed by atoms with Crippen LogP contribution in [0.2, 0.25) is 0 Å². The fourth-order valence-electron chi connectivity index (χ4n) is 4.00. The molecule has 0 aromatic heterocycles. The van der Waals surface area contributed by atoms with Gasteiger partial charge in [0.2, 0.25) is 12.2 Å². The Kier molecular flexibility index (Phi) is 30.5. The van der Waals surface area contributed by atoms with Crippen LogP contribution in [0.25, 0.3) is 0 Å². The first-order valence-electron chi connectivity index (χ1n) is 18.0. The number of oxime groups is 1. The lowest BCUT2D eigenvalue weighted by Crippen LogP contribution is -2.42. The van der Waals surface area contributed by atoms with Crippen molar-refractivity contribution < 1.29 is 48.4 Å². The Morgan fingerprint density at radius 1 is 1.08 bits per heavy atom. The summed E-state index contributed by atoms with van der Waals surface area (Å²) < 4.78 is 16.5. The van der Waals surface area contributed by atoms with Gasteiger partial charge in [0, 0.05) is 50.8 Å². The van der Waals surface area contributed by atoms with Gasteiger partial charge in [-0.05, 0) is 63.3 Å². The minimum absolute atomic E-state index is 0.00830. The number of rotatable bonds is 20. The summed E-state index contributed by atoms with van der Waals surface area (Å²) in [5.74, 6) is -0.783. The van der Waals surface area contributed by atoms with Crippen LogP contribution in [0, 0.1) is 5.92 Å². The highest BCUT2D eigenvalue weighted by Gasteiger charge is 2.34. The van der Waals surface area contributed by atoms with Gasteiger partial charge in [-0.2, -0.15) is 0 Å². The van der Waals surface area contributed by atoms with Crippen molar-refractivity contribution in [3.8, 4) is 5.75 Å². The maximum Gasteiger partial charge on any atom is 0.333 e. The maximum atomic E-state index is 12.0. The van der Waals surface area contributed by atoms with Crippen LogP contribution >= 0.6 is 0 Å². The Bertz CT molecular complexity index is 1100. The molecule has 0 saturated carbocycles. The van der Waals surface area contributed by atoms with E-state index >= 15 is 0 Å². The van der Waals surface area contributed by atoms with E-state index in [-0.39, 0.29) is 37.9 Å². The summed E-state index contributed by atoms with van der Waals surface area (Å²) >= 11 is 0. The Morgan fingerprint density at radius 2 is 1.78 bits per heavy atom. The summed E-state index contributed by atoms with van der Waals surface area (Å²) in [5, 5.41) is 28.9. The number of carboxylic acid groups (broad SMARTS) is 1. The smallest absolute Gasteiger partial charge is 0.333 e. The maximum absolute atomic E-state index is 12.0. The molecule has 0 radical (unpaired) electrons. The van der Waals surface area contributed by atoms with Crippen LogP contribution in [0.3, 0.4) is 0 Å². The summed E-state index contributed by atoms with van der Waals surface area (Å²) in [6.07, 6.45) is 3.06. The van der Waals surface area contributed by atoms with Crippen LogP contribution in [0.1, 0.15) is 124 Å². The highest BCUT2D eigenvalue weighted by Crippen LogP contribution is 2.27. The number of aliphatic hydroxyl groups is 1. The van der Waals surface area contributed by atoms with Gasteiger partial charge in [0.15, 0.2) is 6.10 Å². The third-order valence-corrected chi connectivity index (χ3v) is 6.96. The molecule has 50 heavy (non-hydrogen) atoms. The molecule has 0 bridgehead atoms. The van der Waals surface area contributed by atoms with Crippen molar-refractivity contribution in [2.24, 2.45) is 11.1 Å². The minimum Gasteiger partial charge on any atom is -0.479 e. The molecular formula is C37H65N3O10. The van der Waals surface area contributed by atoms with Crippen molar-refractivity contribution >= 4 is 29.8 Å². The number of ether oxygens (including phenoxy) is 3. The number of hydrogen-bond acceptors (Lipinski definition) is 11. The van der Waals surface area contributed by atoms with E-state index < -0.39 is 24.5 Å². The third-order valence-electron chi connectivity index (χ3n) is 6.96. The number of aliphatic hydroxyl groups excluding tert-OH is 1. The Morgan fingerprint density at radius 3 is 2.38 bits per heavy atom. The van der Waals surface area contributed by atoms with Crippen LogP contribution in [0.4, 0.5) is 0 Å². The number of benzene rings is 1. The summed E-state index contributed by atoms with van der Waals surface area (Å²) in [5.41, 5.74) is 2.36. The van der Waals surface area contributed by atoms with Gasteiger partial charge < -0.3 is 44.7 Å². The van der Waals surface area contributed by atoms with Gasteiger partial charge in [0.25, 0.3) is 0 Å². The molecule has 1 fully saturated rings. The monoisotopic (exact) mass is 711 g/mol. The lowest BCUT2D eigenvalue weighted by molar-refractivity contribution is -0.195. The van der Waals surface area contributed by atoms with Crippen LogP contribution in [0.15, 0.2) is 23.4 Å². The van der Waals surface area contributed by atoms with Gasteiger partial charge in [0.05, 0.1) is 11.8 Å². The van der Waals surface area contributed by atoms with E-state index in [0.29, 0.717) is 61.6 Å². The average molecular weight is 712 g/mol. The number of carbonyl (C=O) groups is 4. The normalized spacial score (nSPS) is 16.6. The molecule has 1 aliphatic heterocycles. The van der Waals surface area contributed by atoms with Crippen molar-refractivity contribution in [1.82, 2.24) is 10.6 Å². The number of carbonyl (C=O) groups excluding carboxylic acids is 3. The molecule has 3 atom stereocenters. The van der Waals surface area contributed by atoms with Crippen LogP contribution in [-0.4, -0.2) is 78.8 Å². The lowest BCUT2D eigenvalue weighted by Gasteiger charge is -2.31. The predicted molar refractivity (Wildman–Crippen MR) is 195 cm³/mol. The van der Waals surface area contributed by atoms with Gasteiger partial charge in [-0.1, -0.05) is 59.7 Å². The first kappa shape index (κ1) is 48.6. The first-order valence-corrected chi connectivity index (χ1v) is 18.0. The van der Waals surface area contributed by atoms with E-state index in [1.54, 1.807) is 25.2 Å². The highest BCUT2D eigenvalue weighted by molar-refractivity contribution is 5.83. The van der Waals surface area contributed by atoms with Crippen LogP contribution in [-0.2, 0) is 46.6 Å². The largest absolute Gasteiger partial charge is 0.479 e. The Hall–Kier alpha value is -3.55. The molecule has 1 heterocycles. The van der Waals surface area contributed by atoms with Gasteiger partial charge in [0.1, 0.15) is 25.2 Å². The van der Waals surface area contributed by atoms with Crippen molar-refractivity contribution in [1.29, 1.82) is 0 Å². The SMILES string of the molecule is C/C(=N\OCCCCCC=O)C(C)C.CC.CC.CCCC(=O)OCc1ccc(OC2CC(O)CC(C(=O)O)O2)c(CNC(=O)CCNC)c1. The van der Waals surface area contributed by atoms with Crippen LogP contribution in [0.5, 0.6) is 5.75 Å². The molecule has 0 aliphatic carbocycles. The Balaban J connectivity index is 0. The highest BCUT2D eigenvalue weighted by atomic mass is 16.7. The number of carboxylic acids is 1. The second kappa shape index (κ2) is 31.4.